The quantitative estimate of drug-likeness (QED) is 0.566. The molecule has 0 unspecified atom stereocenters. The van der Waals surface area contributed by atoms with Crippen molar-refractivity contribution in [3.63, 3.8) is 0 Å². The van der Waals surface area contributed by atoms with E-state index in [0.29, 0.717) is 21.5 Å². The summed E-state index contributed by atoms with van der Waals surface area (Å²) in [6.07, 6.45) is 7.49. The van der Waals surface area contributed by atoms with Gasteiger partial charge < -0.3 is 4.74 Å². The van der Waals surface area contributed by atoms with E-state index in [1.807, 2.05) is 6.20 Å². The standard InChI is InChI=1S/C23H19ClN2O2S/c1-14-7-15(2)9-16(8-14)10-20-13-25-23(29-20)26-22(27)17-5-6-28-21-4-3-19(24)12-18(21)11-17/h3-9,11-13H,10H2,1-2H3,(H,25,26,27). The SMILES string of the molecule is Cc1cc(C)cc(Cc2cnc(NC(=O)C3=Cc4cc(Cl)ccc4OC=C3)s2)c1. The Bertz CT molecular complexity index is 1130. The number of anilines is 1. The normalized spacial score (nSPS) is 12.6. The summed E-state index contributed by atoms with van der Waals surface area (Å²) in [7, 11) is 0. The second-order valence-corrected chi connectivity index (χ2v) is 8.51. The number of thiazole rings is 1. The van der Waals surface area contributed by atoms with Gasteiger partial charge in [0, 0.05) is 33.7 Å². The highest BCUT2D eigenvalue weighted by molar-refractivity contribution is 7.15. The predicted octanol–water partition coefficient (Wildman–Crippen LogP) is 5.93. The topological polar surface area (TPSA) is 51.2 Å². The van der Waals surface area contributed by atoms with Gasteiger partial charge in [-0.1, -0.05) is 40.9 Å². The largest absolute Gasteiger partial charge is 0.464 e. The second kappa shape index (κ2) is 8.23. The number of amides is 1. The molecular formula is C23H19ClN2O2S. The Balaban J connectivity index is 1.49. The highest BCUT2D eigenvalue weighted by atomic mass is 35.5. The number of nitrogens with zero attached hydrogens (tertiary/aromatic N) is 1. The van der Waals surface area contributed by atoms with Crippen LogP contribution in [0.15, 0.2) is 60.5 Å². The minimum Gasteiger partial charge on any atom is -0.464 e. The van der Waals surface area contributed by atoms with E-state index in [1.165, 1.54) is 34.3 Å². The lowest BCUT2D eigenvalue weighted by atomic mass is 10.0. The number of carbonyl (C=O) groups is 1. The van der Waals surface area contributed by atoms with E-state index >= 15 is 0 Å². The predicted molar refractivity (Wildman–Crippen MR) is 119 cm³/mol. The first-order valence-electron chi connectivity index (χ1n) is 9.14. The fraction of sp³-hybridized carbons (Fsp3) is 0.130. The van der Waals surface area contributed by atoms with Crippen molar-refractivity contribution in [1.29, 1.82) is 0 Å². The lowest BCUT2D eigenvalue weighted by Crippen LogP contribution is -2.12. The summed E-state index contributed by atoms with van der Waals surface area (Å²) < 4.78 is 5.54. The van der Waals surface area contributed by atoms with Crippen molar-refractivity contribution in [2.24, 2.45) is 0 Å². The molecule has 4 rings (SSSR count). The lowest BCUT2D eigenvalue weighted by Gasteiger charge is -2.04. The van der Waals surface area contributed by atoms with Crippen molar-refractivity contribution < 1.29 is 9.53 Å². The first kappa shape index (κ1) is 19.4. The number of halogens is 1. The van der Waals surface area contributed by atoms with Crippen LogP contribution in [0.5, 0.6) is 5.75 Å². The first-order chi connectivity index (χ1) is 14.0. The number of nitrogens with one attached hydrogen (secondary N) is 1. The fourth-order valence-electron chi connectivity index (χ4n) is 3.27. The highest BCUT2D eigenvalue weighted by Gasteiger charge is 2.14. The van der Waals surface area contributed by atoms with Crippen LogP contribution < -0.4 is 10.1 Å². The zero-order valence-electron chi connectivity index (χ0n) is 16.0. The van der Waals surface area contributed by atoms with Crippen molar-refractivity contribution in [2.75, 3.05) is 5.32 Å². The number of hydrogen-bond acceptors (Lipinski definition) is 4. The number of ether oxygens (including phenoxy) is 1. The molecule has 1 aromatic heterocycles. The molecule has 1 amide bonds. The monoisotopic (exact) mass is 422 g/mol. The molecule has 0 bridgehead atoms. The minimum atomic E-state index is -0.245. The summed E-state index contributed by atoms with van der Waals surface area (Å²) >= 11 is 7.54. The molecule has 146 valence electrons. The van der Waals surface area contributed by atoms with Crippen molar-refractivity contribution >= 4 is 40.1 Å². The molecule has 2 heterocycles. The summed E-state index contributed by atoms with van der Waals surface area (Å²) in [5.41, 5.74) is 4.95. The van der Waals surface area contributed by atoms with Crippen LogP contribution in [0, 0.1) is 13.8 Å². The van der Waals surface area contributed by atoms with Gasteiger partial charge in [-0.2, -0.15) is 0 Å². The average Bonchev–Trinajstić information content (AvgIpc) is 2.96. The number of hydrogen-bond donors (Lipinski definition) is 1. The number of fused-ring (bicyclic) bond motifs is 1. The second-order valence-electron chi connectivity index (χ2n) is 6.96. The van der Waals surface area contributed by atoms with Crippen LogP contribution in [0.25, 0.3) is 6.08 Å². The molecule has 0 fully saturated rings. The Morgan fingerprint density at radius 2 is 1.97 bits per heavy atom. The van der Waals surface area contributed by atoms with Gasteiger partial charge in [-0.3, -0.25) is 10.1 Å². The molecule has 1 aliphatic rings. The van der Waals surface area contributed by atoms with Gasteiger partial charge in [-0.05, 0) is 49.8 Å². The molecule has 29 heavy (non-hydrogen) atoms. The summed E-state index contributed by atoms with van der Waals surface area (Å²) in [5, 5.41) is 4.03. The van der Waals surface area contributed by atoms with Crippen LogP contribution in [-0.4, -0.2) is 10.9 Å². The third kappa shape index (κ3) is 4.75. The number of aryl methyl sites for hydroxylation is 2. The lowest BCUT2D eigenvalue weighted by molar-refractivity contribution is -0.112. The Kier molecular flexibility index (Phi) is 5.51. The maximum atomic E-state index is 12.7. The zero-order valence-corrected chi connectivity index (χ0v) is 17.6. The molecule has 1 aliphatic heterocycles. The molecule has 0 aliphatic carbocycles. The number of rotatable bonds is 4. The molecular weight excluding hydrogens is 404 g/mol. The van der Waals surface area contributed by atoms with E-state index in [0.717, 1.165) is 16.9 Å². The fourth-order valence-corrected chi connectivity index (χ4v) is 4.29. The van der Waals surface area contributed by atoms with Gasteiger partial charge in [-0.25, -0.2) is 4.98 Å². The number of benzene rings is 2. The van der Waals surface area contributed by atoms with E-state index in [1.54, 1.807) is 30.4 Å². The van der Waals surface area contributed by atoms with Crippen molar-refractivity contribution in [2.45, 2.75) is 20.3 Å². The smallest absolute Gasteiger partial charge is 0.257 e. The Labute approximate surface area is 178 Å². The van der Waals surface area contributed by atoms with Crippen molar-refractivity contribution in [1.82, 2.24) is 4.98 Å². The van der Waals surface area contributed by atoms with Gasteiger partial charge in [0.2, 0.25) is 0 Å². The Morgan fingerprint density at radius 1 is 1.17 bits per heavy atom. The van der Waals surface area contributed by atoms with Gasteiger partial charge in [0.1, 0.15) is 5.75 Å². The van der Waals surface area contributed by atoms with Gasteiger partial charge in [0.15, 0.2) is 5.13 Å². The third-order valence-electron chi connectivity index (χ3n) is 4.42. The molecule has 0 spiro atoms. The highest BCUT2D eigenvalue weighted by Crippen LogP contribution is 2.29. The van der Waals surface area contributed by atoms with Crippen LogP contribution in [0.2, 0.25) is 5.02 Å². The van der Waals surface area contributed by atoms with Crippen LogP contribution in [0.3, 0.4) is 0 Å². The molecule has 0 saturated carbocycles. The van der Waals surface area contributed by atoms with Gasteiger partial charge in [0.25, 0.3) is 5.91 Å². The van der Waals surface area contributed by atoms with E-state index in [-0.39, 0.29) is 5.91 Å². The van der Waals surface area contributed by atoms with Gasteiger partial charge in [-0.15, -0.1) is 11.3 Å². The molecule has 1 N–H and O–H groups in total. The number of carbonyl (C=O) groups excluding carboxylic acids is 1. The summed E-state index contributed by atoms with van der Waals surface area (Å²) in [4.78, 5) is 18.2. The molecule has 0 saturated heterocycles. The molecule has 4 nitrogen and oxygen atoms in total. The van der Waals surface area contributed by atoms with E-state index in [9.17, 15) is 4.79 Å². The molecule has 0 radical (unpaired) electrons. The molecule has 0 atom stereocenters. The van der Waals surface area contributed by atoms with Crippen molar-refractivity contribution in [3.05, 3.63) is 92.7 Å². The van der Waals surface area contributed by atoms with Gasteiger partial charge >= 0.3 is 0 Å². The van der Waals surface area contributed by atoms with Crippen molar-refractivity contribution in [3.8, 4) is 5.75 Å². The van der Waals surface area contributed by atoms with Crippen LogP contribution in [0.4, 0.5) is 5.13 Å². The van der Waals surface area contributed by atoms with E-state index < -0.39 is 0 Å². The van der Waals surface area contributed by atoms with E-state index in [4.69, 9.17) is 16.3 Å². The molecule has 2 aromatic carbocycles. The summed E-state index contributed by atoms with van der Waals surface area (Å²) in [5.74, 6) is 0.406. The molecule has 6 heteroatoms. The Morgan fingerprint density at radius 3 is 2.76 bits per heavy atom. The van der Waals surface area contributed by atoms with Gasteiger partial charge in [0.05, 0.1) is 6.26 Å². The molecule has 3 aromatic rings. The minimum absolute atomic E-state index is 0.245. The van der Waals surface area contributed by atoms with Crippen LogP contribution in [-0.2, 0) is 11.2 Å². The first-order valence-corrected chi connectivity index (χ1v) is 10.3. The summed E-state index contributed by atoms with van der Waals surface area (Å²) in [6.45, 7) is 4.19. The van der Waals surface area contributed by atoms with Crippen LogP contribution in [0.1, 0.15) is 27.1 Å². The maximum Gasteiger partial charge on any atom is 0.257 e. The maximum absolute atomic E-state index is 12.7. The number of aromatic nitrogens is 1. The zero-order chi connectivity index (χ0) is 20.4. The third-order valence-corrected chi connectivity index (χ3v) is 5.57. The average molecular weight is 423 g/mol. The Hall–Kier alpha value is -2.89. The summed E-state index contributed by atoms with van der Waals surface area (Å²) in [6, 6.07) is 11.8. The van der Waals surface area contributed by atoms with E-state index in [2.05, 4.69) is 42.3 Å². The van der Waals surface area contributed by atoms with Crippen LogP contribution >= 0.6 is 22.9 Å².